The molecule has 0 saturated carbocycles. The number of anilines is 1. The van der Waals surface area contributed by atoms with Crippen LogP contribution < -0.4 is 15.8 Å². The average Bonchev–Trinajstić information content (AvgIpc) is 3.12. The fourth-order valence-electron chi connectivity index (χ4n) is 3.53. The first kappa shape index (κ1) is 21.0. The number of alkyl halides is 3. The number of H-pyrrole nitrogens is 1. The second-order valence-electron chi connectivity index (χ2n) is 7.30. The highest BCUT2D eigenvalue weighted by atomic mass is 19.4. The molecule has 0 aliphatic carbocycles. The molecular formula is C22H22F3N5O. The molecule has 4 rings (SSSR count). The van der Waals surface area contributed by atoms with Crippen LogP contribution in [0.25, 0.3) is 10.9 Å². The number of halogens is 3. The van der Waals surface area contributed by atoms with Crippen molar-refractivity contribution in [2.75, 3.05) is 38.5 Å². The highest BCUT2D eigenvalue weighted by molar-refractivity contribution is 5.89. The Hall–Kier alpha value is -3.22. The molecule has 1 saturated heterocycles. The van der Waals surface area contributed by atoms with Crippen LogP contribution in [0.5, 0.6) is 5.75 Å². The fraction of sp³-hybridized carbons (Fsp3) is 0.318. The third-order valence-corrected chi connectivity index (χ3v) is 5.13. The van der Waals surface area contributed by atoms with Crippen LogP contribution in [-0.2, 0) is 12.7 Å². The van der Waals surface area contributed by atoms with E-state index in [0.29, 0.717) is 5.82 Å². The van der Waals surface area contributed by atoms with Gasteiger partial charge < -0.3 is 15.8 Å². The van der Waals surface area contributed by atoms with E-state index in [1.165, 1.54) is 6.07 Å². The van der Waals surface area contributed by atoms with Crippen LogP contribution in [0.4, 0.5) is 19.0 Å². The maximum absolute atomic E-state index is 13.6. The number of fused-ring (bicyclic) bond motifs is 1. The van der Waals surface area contributed by atoms with Gasteiger partial charge in [0.05, 0.1) is 11.1 Å². The van der Waals surface area contributed by atoms with Crippen LogP contribution in [0.2, 0.25) is 0 Å². The third-order valence-electron chi connectivity index (χ3n) is 5.13. The first-order valence-electron chi connectivity index (χ1n) is 9.88. The Morgan fingerprint density at radius 2 is 1.94 bits per heavy atom. The van der Waals surface area contributed by atoms with Crippen LogP contribution in [0.1, 0.15) is 16.7 Å². The Morgan fingerprint density at radius 1 is 1.13 bits per heavy atom. The number of ether oxygens (including phenoxy) is 1. The van der Waals surface area contributed by atoms with E-state index in [2.05, 4.69) is 27.4 Å². The van der Waals surface area contributed by atoms with Crippen molar-refractivity contribution in [3.63, 3.8) is 0 Å². The van der Waals surface area contributed by atoms with Crippen molar-refractivity contribution in [3.05, 3.63) is 53.1 Å². The van der Waals surface area contributed by atoms with E-state index in [9.17, 15) is 13.2 Å². The number of nitrogens with one attached hydrogen (secondary N) is 2. The average molecular weight is 429 g/mol. The summed E-state index contributed by atoms with van der Waals surface area (Å²) in [6, 6.07) is 9.52. The minimum Gasteiger partial charge on any atom is -0.481 e. The van der Waals surface area contributed by atoms with Gasteiger partial charge in [0.25, 0.3) is 0 Å². The van der Waals surface area contributed by atoms with Gasteiger partial charge in [-0.15, -0.1) is 0 Å². The first-order valence-corrected chi connectivity index (χ1v) is 9.88. The molecular weight excluding hydrogens is 407 g/mol. The monoisotopic (exact) mass is 429 g/mol. The van der Waals surface area contributed by atoms with Gasteiger partial charge in [-0.25, -0.2) is 0 Å². The Balaban J connectivity index is 1.44. The van der Waals surface area contributed by atoms with E-state index in [1.54, 1.807) is 18.2 Å². The summed E-state index contributed by atoms with van der Waals surface area (Å²) in [5.74, 6) is 6.31. The highest BCUT2D eigenvalue weighted by Gasteiger charge is 2.34. The maximum Gasteiger partial charge on any atom is 0.416 e. The summed E-state index contributed by atoms with van der Waals surface area (Å²) in [6.45, 7) is 3.24. The van der Waals surface area contributed by atoms with Crippen LogP contribution in [0.3, 0.4) is 0 Å². The molecule has 162 valence electrons. The number of aromatic nitrogens is 2. The molecule has 6 nitrogen and oxygen atoms in total. The topological polar surface area (TPSA) is 79.2 Å². The van der Waals surface area contributed by atoms with Gasteiger partial charge in [0.15, 0.2) is 5.82 Å². The lowest BCUT2D eigenvalue weighted by Crippen LogP contribution is -2.43. The van der Waals surface area contributed by atoms with Crippen molar-refractivity contribution in [1.29, 1.82) is 0 Å². The molecule has 0 unspecified atom stereocenters. The summed E-state index contributed by atoms with van der Waals surface area (Å²) in [5.41, 5.74) is 6.80. The van der Waals surface area contributed by atoms with Gasteiger partial charge >= 0.3 is 6.18 Å². The fourth-order valence-corrected chi connectivity index (χ4v) is 3.53. The van der Waals surface area contributed by atoms with E-state index in [-0.39, 0.29) is 24.5 Å². The predicted octanol–water partition coefficient (Wildman–Crippen LogP) is 3.00. The number of piperazine rings is 1. The first-order chi connectivity index (χ1) is 14.9. The van der Waals surface area contributed by atoms with Gasteiger partial charge in [-0.1, -0.05) is 17.9 Å². The largest absolute Gasteiger partial charge is 0.481 e. The highest BCUT2D eigenvalue weighted by Crippen LogP contribution is 2.35. The van der Waals surface area contributed by atoms with Crippen LogP contribution >= 0.6 is 0 Å². The molecule has 2 heterocycles. The molecule has 0 radical (unpaired) electrons. The summed E-state index contributed by atoms with van der Waals surface area (Å²) >= 11 is 0. The smallest absolute Gasteiger partial charge is 0.416 e. The van der Waals surface area contributed by atoms with Crippen molar-refractivity contribution >= 4 is 16.7 Å². The Labute approximate surface area is 177 Å². The molecule has 4 N–H and O–H groups in total. The number of hydrogen-bond donors (Lipinski definition) is 3. The zero-order valence-electron chi connectivity index (χ0n) is 16.7. The van der Waals surface area contributed by atoms with Gasteiger partial charge in [0, 0.05) is 43.7 Å². The van der Waals surface area contributed by atoms with E-state index >= 15 is 0 Å². The lowest BCUT2D eigenvalue weighted by Gasteiger charge is -2.28. The molecule has 0 atom stereocenters. The third kappa shape index (κ3) is 5.10. The summed E-state index contributed by atoms with van der Waals surface area (Å²) in [4.78, 5) is 2.01. The van der Waals surface area contributed by atoms with Gasteiger partial charge in [0.2, 0.25) is 0 Å². The SMILES string of the molecule is Nc1n[nH]c2cc(C#CCOc3ccc(CN4CCNCC4)c(C(F)(F)F)c3)ccc12. The minimum absolute atomic E-state index is 0.0302. The quantitative estimate of drug-likeness (QED) is 0.556. The van der Waals surface area contributed by atoms with Crippen molar-refractivity contribution in [2.24, 2.45) is 0 Å². The maximum atomic E-state index is 13.6. The van der Waals surface area contributed by atoms with E-state index < -0.39 is 11.7 Å². The summed E-state index contributed by atoms with van der Waals surface area (Å²) < 4.78 is 46.2. The van der Waals surface area contributed by atoms with Gasteiger partial charge in [-0.2, -0.15) is 18.3 Å². The number of benzene rings is 2. The van der Waals surface area contributed by atoms with E-state index in [4.69, 9.17) is 10.5 Å². The Kier molecular flexibility index (Phi) is 6.02. The number of nitrogens with zero attached hydrogens (tertiary/aromatic N) is 2. The molecule has 31 heavy (non-hydrogen) atoms. The van der Waals surface area contributed by atoms with Gasteiger partial charge in [0.1, 0.15) is 12.4 Å². The zero-order valence-corrected chi connectivity index (χ0v) is 16.7. The van der Waals surface area contributed by atoms with Crippen LogP contribution in [0.15, 0.2) is 36.4 Å². The van der Waals surface area contributed by atoms with Crippen LogP contribution in [0, 0.1) is 11.8 Å². The molecule has 2 aromatic carbocycles. The molecule has 0 spiro atoms. The molecule has 9 heteroatoms. The Morgan fingerprint density at radius 3 is 2.71 bits per heavy atom. The second-order valence-corrected chi connectivity index (χ2v) is 7.30. The molecule has 1 aliphatic heterocycles. The van der Waals surface area contributed by atoms with Gasteiger partial charge in [-0.05, 0) is 35.9 Å². The molecule has 0 amide bonds. The second kappa shape index (κ2) is 8.88. The lowest BCUT2D eigenvalue weighted by atomic mass is 10.1. The summed E-state index contributed by atoms with van der Waals surface area (Å²) in [7, 11) is 0. The van der Waals surface area contributed by atoms with E-state index in [0.717, 1.165) is 48.7 Å². The zero-order chi connectivity index (χ0) is 21.8. The minimum atomic E-state index is -4.45. The number of nitrogens with two attached hydrogens (primary N) is 1. The predicted molar refractivity (Wildman–Crippen MR) is 112 cm³/mol. The summed E-state index contributed by atoms with van der Waals surface area (Å²) in [5, 5.41) is 10.7. The van der Waals surface area contributed by atoms with Gasteiger partial charge in [-0.3, -0.25) is 10.00 Å². The van der Waals surface area contributed by atoms with Crippen LogP contribution in [-0.4, -0.2) is 47.9 Å². The Bertz CT molecular complexity index is 1120. The number of rotatable bonds is 4. The number of hydrogen-bond acceptors (Lipinski definition) is 5. The van der Waals surface area contributed by atoms with E-state index in [1.807, 2.05) is 11.0 Å². The normalized spacial score (nSPS) is 14.9. The lowest BCUT2D eigenvalue weighted by molar-refractivity contribution is -0.138. The van der Waals surface area contributed by atoms with Crippen molar-refractivity contribution in [2.45, 2.75) is 12.7 Å². The molecule has 1 aromatic heterocycles. The molecule has 1 aliphatic rings. The number of nitrogen functional groups attached to an aromatic ring is 1. The van der Waals surface area contributed by atoms with Crippen molar-refractivity contribution in [1.82, 2.24) is 20.4 Å². The molecule has 3 aromatic rings. The summed E-state index contributed by atoms with van der Waals surface area (Å²) in [6.07, 6.45) is -4.45. The van der Waals surface area contributed by atoms with Crippen molar-refractivity contribution < 1.29 is 17.9 Å². The molecule has 1 fully saturated rings. The standard InChI is InChI=1S/C22H22F3N5O/c23-22(24,25)19-13-17(5-4-16(19)14-30-9-7-27-8-10-30)31-11-1-2-15-3-6-18-20(12-15)28-29-21(18)26/h3-6,12-13,27H,7-11,14H2,(H3,26,28,29). The number of aromatic amines is 1. The molecule has 0 bridgehead atoms. The van der Waals surface area contributed by atoms with Crippen molar-refractivity contribution in [3.8, 4) is 17.6 Å².